The first-order valence-corrected chi connectivity index (χ1v) is 8.85. The quantitative estimate of drug-likeness (QED) is 0.424. The average molecular weight is 411 g/mol. The van der Waals surface area contributed by atoms with Crippen molar-refractivity contribution in [3.63, 3.8) is 0 Å². The van der Waals surface area contributed by atoms with Crippen molar-refractivity contribution in [2.24, 2.45) is 0 Å². The highest BCUT2D eigenvalue weighted by molar-refractivity contribution is 8.00. The molecular weight excluding hydrogens is 395 g/mol. The van der Waals surface area contributed by atoms with Crippen LogP contribution in [-0.4, -0.2) is 29.3 Å². The summed E-state index contributed by atoms with van der Waals surface area (Å²) in [6.07, 6.45) is -1.13. The van der Waals surface area contributed by atoms with E-state index in [1.54, 1.807) is 24.3 Å². The van der Waals surface area contributed by atoms with Crippen LogP contribution in [0, 0.1) is 0 Å². The number of esters is 1. The molecule has 0 aromatic heterocycles. The van der Waals surface area contributed by atoms with E-state index in [1.807, 2.05) is 0 Å². The van der Waals surface area contributed by atoms with Gasteiger partial charge in [0.15, 0.2) is 11.9 Å². The fourth-order valence-electron chi connectivity index (χ4n) is 2.11. The number of hydrogen-bond acceptors (Lipinski definition) is 5. The van der Waals surface area contributed by atoms with Crippen LogP contribution in [-0.2, 0) is 9.53 Å². The summed E-state index contributed by atoms with van der Waals surface area (Å²) in [5, 5.41) is 2.54. The fourth-order valence-corrected chi connectivity index (χ4v) is 2.65. The molecule has 0 saturated heterocycles. The smallest absolute Gasteiger partial charge is 0.446 e. The number of thioether (sulfide) groups is 1. The molecule has 5 nitrogen and oxygen atoms in total. The first-order chi connectivity index (χ1) is 13.0. The summed E-state index contributed by atoms with van der Waals surface area (Å²) in [6, 6.07) is 10.9. The highest BCUT2D eigenvalue weighted by Crippen LogP contribution is 2.36. The average Bonchev–Trinajstić information content (AvgIpc) is 2.61. The number of benzene rings is 2. The molecule has 0 heterocycles. The minimum atomic E-state index is -4.42. The van der Waals surface area contributed by atoms with Gasteiger partial charge in [0.1, 0.15) is 0 Å². The minimum absolute atomic E-state index is 0.0250. The topological polar surface area (TPSA) is 72.5 Å². The molecule has 0 fully saturated rings. The Bertz CT molecular complexity index is 864. The highest BCUT2D eigenvalue weighted by atomic mass is 32.2. The SMILES string of the molecule is CC(=O)c1ccc(NC(=O)C(C)OC(=O)c2ccc(SC(F)(F)F)cc2)cc1. The van der Waals surface area contributed by atoms with Crippen molar-refractivity contribution in [2.75, 3.05) is 5.32 Å². The van der Waals surface area contributed by atoms with Gasteiger partial charge >= 0.3 is 11.5 Å². The maximum Gasteiger partial charge on any atom is 0.446 e. The molecule has 1 unspecified atom stereocenters. The Morgan fingerprint density at radius 1 is 0.964 bits per heavy atom. The number of ether oxygens (including phenoxy) is 1. The number of rotatable bonds is 6. The first kappa shape index (κ1) is 21.5. The fraction of sp³-hybridized carbons (Fsp3) is 0.211. The molecule has 0 bridgehead atoms. The third-order valence-electron chi connectivity index (χ3n) is 3.54. The van der Waals surface area contributed by atoms with Gasteiger partial charge in [0, 0.05) is 16.1 Å². The zero-order valence-corrected chi connectivity index (χ0v) is 15.7. The largest absolute Gasteiger partial charge is 0.449 e. The van der Waals surface area contributed by atoms with Gasteiger partial charge in [-0.05, 0) is 74.1 Å². The molecule has 0 aliphatic rings. The Morgan fingerprint density at radius 3 is 2.00 bits per heavy atom. The summed E-state index contributed by atoms with van der Waals surface area (Å²) in [6.45, 7) is 2.79. The Hall–Kier alpha value is -2.81. The predicted octanol–water partition coefficient (Wildman–Crippen LogP) is 4.69. The van der Waals surface area contributed by atoms with Gasteiger partial charge in [0.25, 0.3) is 5.91 Å². The van der Waals surface area contributed by atoms with Crippen LogP contribution in [0.4, 0.5) is 18.9 Å². The zero-order chi connectivity index (χ0) is 20.9. The molecule has 0 spiro atoms. The summed E-state index contributed by atoms with van der Waals surface area (Å²) >= 11 is -0.293. The lowest BCUT2D eigenvalue weighted by Crippen LogP contribution is -2.30. The van der Waals surface area contributed by atoms with Crippen molar-refractivity contribution in [3.8, 4) is 0 Å². The van der Waals surface area contributed by atoms with E-state index in [1.165, 1.54) is 26.0 Å². The second kappa shape index (κ2) is 8.92. The second-order valence-corrected chi connectivity index (χ2v) is 6.88. The van der Waals surface area contributed by atoms with Crippen LogP contribution in [0.2, 0.25) is 0 Å². The molecule has 1 N–H and O–H groups in total. The van der Waals surface area contributed by atoms with Crippen molar-refractivity contribution in [1.82, 2.24) is 0 Å². The lowest BCUT2D eigenvalue weighted by molar-refractivity contribution is -0.123. The lowest BCUT2D eigenvalue weighted by atomic mass is 10.1. The van der Waals surface area contributed by atoms with Gasteiger partial charge in [0.05, 0.1) is 5.56 Å². The van der Waals surface area contributed by atoms with E-state index < -0.39 is 23.5 Å². The Morgan fingerprint density at radius 2 is 1.50 bits per heavy atom. The van der Waals surface area contributed by atoms with Gasteiger partial charge in [-0.15, -0.1) is 0 Å². The molecule has 1 amide bonds. The normalized spacial score (nSPS) is 12.2. The molecule has 28 heavy (non-hydrogen) atoms. The van der Waals surface area contributed by atoms with Gasteiger partial charge < -0.3 is 10.1 Å². The number of alkyl halides is 3. The molecule has 148 valence electrons. The number of hydrogen-bond donors (Lipinski definition) is 1. The van der Waals surface area contributed by atoms with Gasteiger partial charge in [-0.3, -0.25) is 9.59 Å². The molecular formula is C19H16F3NO4S. The summed E-state index contributed by atoms with van der Waals surface area (Å²) in [5.41, 5.74) is -3.48. The van der Waals surface area contributed by atoms with Crippen molar-refractivity contribution < 1.29 is 32.3 Å². The second-order valence-electron chi connectivity index (χ2n) is 5.74. The molecule has 2 aromatic carbocycles. The number of anilines is 1. The standard InChI is InChI=1S/C19H16F3NO4S/c1-11(24)13-3-7-15(8-4-13)23-17(25)12(2)27-18(26)14-5-9-16(10-6-14)28-19(20,21)22/h3-10,12H,1-2H3,(H,23,25). The lowest BCUT2D eigenvalue weighted by Gasteiger charge is -2.14. The number of amides is 1. The van der Waals surface area contributed by atoms with E-state index in [4.69, 9.17) is 4.74 Å². The number of carbonyl (C=O) groups excluding carboxylic acids is 3. The minimum Gasteiger partial charge on any atom is -0.449 e. The molecule has 9 heteroatoms. The number of Topliss-reactive ketones (excluding diaryl/α,β-unsaturated/α-hetero) is 1. The van der Waals surface area contributed by atoms with Crippen LogP contribution in [0.3, 0.4) is 0 Å². The van der Waals surface area contributed by atoms with Crippen molar-refractivity contribution >= 4 is 35.1 Å². The number of carbonyl (C=O) groups is 3. The number of nitrogens with one attached hydrogen (secondary N) is 1. The summed E-state index contributed by atoms with van der Waals surface area (Å²) in [4.78, 5) is 35.3. The monoisotopic (exact) mass is 411 g/mol. The Kier molecular flexibility index (Phi) is 6.85. The van der Waals surface area contributed by atoms with Crippen LogP contribution in [0.25, 0.3) is 0 Å². The number of ketones is 1. The van der Waals surface area contributed by atoms with E-state index in [0.29, 0.717) is 11.3 Å². The third-order valence-corrected chi connectivity index (χ3v) is 4.27. The van der Waals surface area contributed by atoms with Crippen molar-refractivity contribution in [2.45, 2.75) is 30.4 Å². The third kappa shape index (κ3) is 6.41. The summed E-state index contributed by atoms with van der Waals surface area (Å²) in [7, 11) is 0. The molecule has 0 radical (unpaired) electrons. The molecule has 0 aliphatic carbocycles. The molecule has 2 rings (SSSR count). The highest BCUT2D eigenvalue weighted by Gasteiger charge is 2.29. The van der Waals surface area contributed by atoms with Crippen LogP contribution in [0.15, 0.2) is 53.4 Å². The molecule has 2 aromatic rings. The first-order valence-electron chi connectivity index (χ1n) is 8.04. The zero-order valence-electron chi connectivity index (χ0n) is 14.9. The molecule has 0 saturated carbocycles. The predicted molar refractivity (Wildman–Crippen MR) is 98.3 cm³/mol. The van der Waals surface area contributed by atoms with E-state index in [2.05, 4.69) is 5.32 Å². The van der Waals surface area contributed by atoms with E-state index in [-0.39, 0.29) is 28.0 Å². The summed E-state index contributed by atoms with van der Waals surface area (Å²) in [5.74, 6) is -1.54. The van der Waals surface area contributed by atoms with Crippen LogP contribution in [0.1, 0.15) is 34.6 Å². The van der Waals surface area contributed by atoms with Gasteiger partial charge in [-0.1, -0.05) is 0 Å². The van der Waals surface area contributed by atoms with E-state index in [9.17, 15) is 27.6 Å². The Balaban J connectivity index is 1.93. The number of halogens is 3. The van der Waals surface area contributed by atoms with Gasteiger partial charge in [-0.25, -0.2) is 4.79 Å². The molecule has 1 atom stereocenters. The van der Waals surface area contributed by atoms with Crippen molar-refractivity contribution in [1.29, 1.82) is 0 Å². The van der Waals surface area contributed by atoms with E-state index in [0.717, 1.165) is 12.1 Å². The maximum absolute atomic E-state index is 12.3. The summed E-state index contributed by atoms with van der Waals surface area (Å²) < 4.78 is 42.0. The Labute approximate surface area is 163 Å². The van der Waals surface area contributed by atoms with Crippen LogP contribution < -0.4 is 5.32 Å². The van der Waals surface area contributed by atoms with Gasteiger partial charge in [0.2, 0.25) is 0 Å². The molecule has 0 aliphatic heterocycles. The van der Waals surface area contributed by atoms with Crippen molar-refractivity contribution in [3.05, 3.63) is 59.7 Å². The van der Waals surface area contributed by atoms with Crippen LogP contribution in [0.5, 0.6) is 0 Å². The van der Waals surface area contributed by atoms with Gasteiger partial charge in [-0.2, -0.15) is 13.2 Å². The van der Waals surface area contributed by atoms with Crippen LogP contribution >= 0.6 is 11.8 Å². The van der Waals surface area contributed by atoms with E-state index >= 15 is 0 Å². The maximum atomic E-state index is 12.3.